The molecule has 1 N–H and O–H groups in total. The molecule has 0 aromatic carbocycles. The summed E-state index contributed by atoms with van der Waals surface area (Å²) in [5, 5.41) is 12.1. The Hall–Kier alpha value is -2.02. The van der Waals surface area contributed by atoms with Crippen LogP contribution in [0.2, 0.25) is 0 Å². The van der Waals surface area contributed by atoms with Gasteiger partial charge in [-0.25, -0.2) is 0 Å². The molecule has 0 bridgehead atoms. The van der Waals surface area contributed by atoms with Crippen LogP contribution < -0.4 is 10.2 Å². The highest BCUT2D eigenvalue weighted by Gasteiger charge is 2.26. The van der Waals surface area contributed by atoms with Crippen LogP contribution in [0.25, 0.3) is 0 Å². The van der Waals surface area contributed by atoms with Crippen LogP contribution in [-0.2, 0) is 4.79 Å². The van der Waals surface area contributed by atoms with Crippen molar-refractivity contribution in [1.82, 2.24) is 14.6 Å². The topological polar surface area (TPSA) is 71.0 Å². The van der Waals surface area contributed by atoms with Gasteiger partial charge in [0.25, 0.3) is 0 Å². The van der Waals surface area contributed by atoms with Crippen molar-refractivity contribution in [2.24, 2.45) is 5.92 Å². The molecule has 3 rings (SSSR count). The molecule has 1 saturated heterocycles. The minimum absolute atomic E-state index is 0.0528. The molecular weight excluding hydrogens is 298 g/mol. The fourth-order valence-corrected chi connectivity index (χ4v) is 3.24. The number of nitrogens with one attached hydrogen (secondary N) is 1. The van der Waals surface area contributed by atoms with Crippen molar-refractivity contribution in [3.63, 3.8) is 0 Å². The molecular formula is C15H19N5OS. The highest BCUT2D eigenvalue weighted by atomic mass is 32.1. The molecule has 3 heterocycles. The Labute approximate surface area is 133 Å². The van der Waals surface area contributed by atoms with Gasteiger partial charge in [-0.3, -0.25) is 4.79 Å². The van der Waals surface area contributed by atoms with Gasteiger partial charge in [-0.05, 0) is 56.4 Å². The minimum atomic E-state index is 0.0528. The molecule has 7 heteroatoms. The third-order valence-corrected chi connectivity index (χ3v) is 4.64. The molecule has 6 nitrogen and oxygen atoms in total. The molecule has 2 aromatic heterocycles. The standard InChI is InChI=1S/C15H19N5OS/c1-10-3-4-13(18-17-10)20-7-5-12(6-8-20)15(21)16-14-9-11(2)19-22-14/h3-4,9,12H,5-8H2,1-2H3,(H,16,21). The second-order valence-electron chi connectivity index (χ2n) is 5.62. The van der Waals surface area contributed by atoms with E-state index in [1.54, 1.807) is 0 Å². The predicted octanol–water partition coefficient (Wildman–Crippen LogP) is 2.41. The van der Waals surface area contributed by atoms with Gasteiger partial charge in [0.1, 0.15) is 5.00 Å². The number of carbonyl (C=O) groups is 1. The van der Waals surface area contributed by atoms with Gasteiger partial charge in [0.2, 0.25) is 5.91 Å². The summed E-state index contributed by atoms with van der Waals surface area (Å²) in [6, 6.07) is 5.86. The molecule has 1 aliphatic rings. The lowest BCUT2D eigenvalue weighted by molar-refractivity contribution is -0.120. The highest BCUT2D eigenvalue weighted by Crippen LogP contribution is 2.24. The fraction of sp³-hybridized carbons (Fsp3) is 0.467. The number of aromatic nitrogens is 3. The van der Waals surface area contributed by atoms with Crippen LogP contribution in [0, 0.1) is 19.8 Å². The average molecular weight is 317 g/mol. The first-order valence-corrected chi connectivity index (χ1v) is 8.18. The Balaban J connectivity index is 1.54. The quantitative estimate of drug-likeness (QED) is 0.941. The number of aryl methyl sites for hydroxylation is 2. The zero-order valence-electron chi connectivity index (χ0n) is 12.7. The number of hydrogen-bond donors (Lipinski definition) is 1. The first-order chi connectivity index (χ1) is 10.6. The molecule has 0 aliphatic carbocycles. The van der Waals surface area contributed by atoms with Crippen LogP contribution >= 0.6 is 11.5 Å². The Kier molecular flexibility index (Phi) is 4.33. The maximum Gasteiger partial charge on any atom is 0.228 e. The number of carbonyl (C=O) groups excluding carboxylic acids is 1. The van der Waals surface area contributed by atoms with Gasteiger partial charge in [0, 0.05) is 19.0 Å². The predicted molar refractivity (Wildman–Crippen MR) is 87.2 cm³/mol. The van der Waals surface area contributed by atoms with Gasteiger partial charge in [-0.15, -0.1) is 5.10 Å². The summed E-state index contributed by atoms with van der Waals surface area (Å²) in [7, 11) is 0. The molecule has 1 fully saturated rings. The van der Waals surface area contributed by atoms with E-state index in [0.29, 0.717) is 0 Å². The first-order valence-electron chi connectivity index (χ1n) is 7.41. The summed E-state index contributed by atoms with van der Waals surface area (Å²) < 4.78 is 4.18. The van der Waals surface area contributed by atoms with Crippen molar-refractivity contribution in [2.75, 3.05) is 23.3 Å². The molecule has 22 heavy (non-hydrogen) atoms. The maximum absolute atomic E-state index is 12.3. The van der Waals surface area contributed by atoms with Crippen LogP contribution in [0.4, 0.5) is 10.8 Å². The minimum Gasteiger partial charge on any atom is -0.355 e. The average Bonchev–Trinajstić information content (AvgIpc) is 2.93. The summed E-state index contributed by atoms with van der Waals surface area (Å²) in [6.07, 6.45) is 1.67. The number of piperidine rings is 1. The lowest BCUT2D eigenvalue weighted by atomic mass is 9.96. The fourth-order valence-electron chi connectivity index (χ4n) is 2.58. The zero-order chi connectivity index (χ0) is 15.5. The molecule has 0 unspecified atom stereocenters. The molecule has 116 valence electrons. The summed E-state index contributed by atoms with van der Waals surface area (Å²) in [4.78, 5) is 14.5. The Morgan fingerprint density at radius 2 is 2.00 bits per heavy atom. The molecule has 0 spiro atoms. The molecule has 1 aliphatic heterocycles. The van der Waals surface area contributed by atoms with Crippen LogP contribution in [0.15, 0.2) is 18.2 Å². The van der Waals surface area contributed by atoms with Crippen LogP contribution in [-0.4, -0.2) is 33.6 Å². The van der Waals surface area contributed by atoms with Crippen molar-refractivity contribution in [3.05, 3.63) is 29.6 Å². The third-order valence-electron chi connectivity index (χ3n) is 3.85. The van der Waals surface area contributed by atoms with Crippen LogP contribution in [0.3, 0.4) is 0 Å². The molecule has 0 atom stereocenters. The largest absolute Gasteiger partial charge is 0.355 e. The first kappa shape index (κ1) is 14.9. The van der Waals surface area contributed by atoms with E-state index in [-0.39, 0.29) is 11.8 Å². The van der Waals surface area contributed by atoms with E-state index in [0.717, 1.165) is 48.1 Å². The van der Waals surface area contributed by atoms with Gasteiger partial charge in [0.15, 0.2) is 5.82 Å². The number of rotatable bonds is 3. The Morgan fingerprint density at radius 1 is 1.23 bits per heavy atom. The van der Waals surface area contributed by atoms with Crippen LogP contribution in [0.1, 0.15) is 24.2 Å². The smallest absolute Gasteiger partial charge is 0.228 e. The lowest BCUT2D eigenvalue weighted by Gasteiger charge is -2.31. The second kappa shape index (κ2) is 6.39. The van der Waals surface area contributed by atoms with Crippen molar-refractivity contribution < 1.29 is 4.79 Å². The van der Waals surface area contributed by atoms with Gasteiger partial charge < -0.3 is 10.2 Å². The van der Waals surface area contributed by atoms with E-state index < -0.39 is 0 Å². The second-order valence-corrected chi connectivity index (χ2v) is 6.42. The molecule has 0 radical (unpaired) electrons. The van der Waals surface area contributed by atoms with Crippen molar-refractivity contribution >= 4 is 28.3 Å². The van der Waals surface area contributed by atoms with Crippen molar-refractivity contribution in [3.8, 4) is 0 Å². The highest BCUT2D eigenvalue weighted by molar-refractivity contribution is 7.10. The van der Waals surface area contributed by atoms with E-state index in [4.69, 9.17) is 0 Å². The summed E-state index contributed by atoms with van der Waals surface area (Å²) in [5.41, 5.74) is 1.85. The SMILES string of the molecule is Cc1ccc(N2CCC(C(=O)Nc3cc(C)ns3)CC2)nn1. The number of nitrogens with zero attached hydrogens (tertiary/aromatic N) is 4. The van der Waals surface area contributed by atoms with Crippen LogP contribution in [0.5, 0.6) is 0 Å². The van der Waals surface area contributed by atoms with E-state index in [1.165, 1.54) is 11.5 Å². The van der Waals surface area contributed by atoms with Gasteiger partial charge in [-0.2, -0.15) is 9.47 Å². The van der Waals surface area contributed by atoms with Gasteiger partial charge >= 0.3 is 0 Å². The Bertz CT molecular complexity index is 646. The molecule has 0 saturated carbocycles. The monoisotopic (exact) mass is 317 g/mol. The van der Waals surface area contributed by atoms with Crippen molar-refractivity contribution in [2.45, 2.75) is 26.7 Å². The van der Waals surface area contributed by atoms with Gasteiger partial charge in [0.05, 0.1) is 11.4 Å². The summed E-state index contributed by atoms with van der Waals surface area (Å²) in [6.45, 7) is 5.51. The summed E-state index contributed by atoms with van der Waals surface area (Å²) in [5.74, 6) is 1.04. The number of hydrogen-bond acceptors (Lipinski definition) is 6. The van der Waals surface area contributed by atoms with E-state index in [9.17, 15) is 4.79 Å². The van der Waals surface area contributed by atoms with E-state index in [2.05, 4.69) is 24.8 Å². The molecule has 2 aromatic rings. The third kappa shape index (κ3) is 3.41. The van der Waals surface area contributed by atoms with Crippen molar-refractivity contribution in [1.29, 1.82) is 0 Å². The zero-order valence-corrected chi connectivity index (χ0v) is 13.6. The summed E-state index contributed by atoms with van der Waals surface area (Å²) >= 11 is 1.33. The normalized spacial score (nSPS) is 15.8. The van der Waals surface area contributed by atoms with E-state index in [1.807, 2.05) is 32.0 Å². The maximum atomic E-state index is 12.3. The number of amides is 1. The molecule has 1 amide bonds. The number of anilines is 2. The Morgan fingerprint density at radius 3 is 2.59 bits per heavy atom. The lowest BCUT2D eigenvalue weighted by Crippen LogP contribution is -2.38. The van der Waals surface area contributed by atoms with Gasteiger partial charge in [-0.1, -0.05) is 0 Å². The van der Waals surface area contributed by atoms with E-state index >= 15 is 0 Å².